The summed E-state index contributed by atoms with van der Waals surface area (Å²) < 4.78 is 2.83. The number of pyridine rings is 1. The summed E-state index contributed by atoms with van der Waals surface area (Å²) in [7, 11) is 0. The normalized spacial score (nSPS) is 12.7. The van der Waals surface area contributed by atoms with E-state index in [9.17, 15) is 5.11 Å². The summed E-state index contributed by atoms with van der Waals surface area (Å²) in [6.45, 7) is 4.72. The van der Waals surface area contributed by atoms with Crippen LogP contribution < -0.4 is 0 Å². The van der Waals surface area contributed by atoms with Gasteiger partial charge in [0.05, 0.1) is 27.0 Å². The average Bonchev–Trinajstić information content (AvgIpc) is 2.67. The summed E-state index contributed by atoms with van der Waals surface area (Å²) in [4.78, 5) is 3.92. The molecule has 0 radical (unpaired) electrons. The van der Waals surface area contributed by atoms with E-state index in [1.165, 1.54) is 6.20 Å². The van der Waals surface area contributed by atoms with Crippen molar-refractivity contribution in [3.63, 3.8) is 0 Å². The zero-order chi connectivity index (χ0) is 14.0. The van der Waals surface area contributed by atoms with Gasteiger partial charge in [0.25, 0.3) is 0 Å². The molecule has 1 unspecified atom stereocenters. The van der Waals surface area contributed by atoms with Gasteiger partial charge in [0, 0.05) is 30.9 Å². The quantitative estimate of drug-likeness (QED) is 0.926. The third-order valence-corrected chi connectivity index (χ3v) is 4.35. The second-order valence-electron chi connectivity index (χ2n) is 4.28. The minimum atomic E-state index is -0.673. The molecule has 6 heteroatoms. The molecule has 19 heavy (non-hydrogen) atoms. The predicted octanol–water partition coefficient (Wildman–Crippen LogP) is 3.30. The lowest BCUT2D eigenvalue weighted by molar-refractivity contribution is 0.175. The second-order valence-corrected chi connectivity index (χ2v) is 5.48. The van der Waals surface area contributed by atoms with Gasteiger partial charge >= 0.3 is 0 Å². The average molecular weight is 345 g/mol. The van der Waals surface area contributed by atoms with E-state index in [2.05, 4.69) is 26.0 Å². The van der Waals surface area contributed by atoms with Gasteiger partial charge in [0.2, 0.25) is 0 Å². The molecule has 1 atom stereocenters. The third-order valence-electron chi connectivity index (χ3n) is 3.00. The molecule has 0 amide bonds. The molecule has 2 heterocycles. The monoisotopic (exact) mass is 343 g/mol. The fraction of sp³-hybridized carbons (Fsp3) is 0.385. The highest BCUT2D eigenvalue weighted by Gasteiger charge is 2.18. The Morgan fingerprint density at radius 3 is 2.89 bits per heavy atom. The first-order valence-electron chi connectivity index (χ1n) is 6.03. The SMILES string of the molecule is CCn1nc(C)c(Br)c1CC(O)c1ccncc1Cl. The Labute approximate surface area is 125 Å². The van der Waals surface area contributed by atoms with E-state index in [0.717, 1.165) is 22.4 Å². The number of aliphatic hydroxyl groups is 1. The largest absolute Gasteiger partial charge is 0.388 e. The van der Waals surface area contributed by atoms with Crippen molar-refractivity contribution < 1.29 is 5.11 Å². The van der Waals surface area contributed by atoms with Crippen molar-refractivity contribution in [2.75, 3.05) is 0 Å². The smallest absolute Gasteiger partial charge is 0.0861 e. The Hall–Kier alpha value is -0.910. The topological polar surface area (TPSA) is 50.9 Å². The van der Waals surface area contributed by atoms with Gasteiger partial charge in [0.1, 0.15) is 0 Å². The Morgan fingerprint density at radius 1 is 1.53 bits per heavy atom. The molecule has 0 aliphatic rings. The van der Waals surface area contributed by atoms with Crippen LogP contribution in [-0.4, -0.2) is 19.9 Å². The molecule has 0 bridgehead atoms. The number of hydrogen-bond acceptors (Lipinski definition) is 3. The molecule has 1 N–H and O–H groups in total. The van der Waals surface area contributed by atoms with Crippen LogP contribution in [0.15, 0.2) is 22.9 Å². The van der Waals surface area contributed by atoms with Gasteiger partial charge in [-0.3, -0.25) is 9.67 Å². The third kappa shape index (κ3) is 2.99. The van der Waals surface area contributed by atoms with Gasteiger partial charge < -0.3 is 5.11 Å². The van der Waals surface area contributed by atoms with Crippen LogP contribution in [0.25, 0.3) is 0 Å². The van der Waals surface area contributed by atoms with E-state index in [1.54, 1.807) is 12.3 Å². The number of rotatable bonds is 4. The Bertz CT molecular complexity index is 585. The van der Waals surface area contributed by atoms with Crippen molar-refractivity contribution in [2.45, 2.75) is 32.9 Å². The number of aromatic nitrogens is 3. The van der Waals surface area contributed by atoms with Crippen LogP contribution in [0.2, 0.25) is 5.02 Å². The first-order valence-corrected chi connectivity index (χ1v) is 7.21. The van der Waals surface area contributed by atoms with E-state index in [-0.39, 0.29) is 0 Å². The molecule has 0 saturated heterocycles. The summed E-state index contributed by atoms with van der Waals surface area (Å²) >= 11 is 9.57. The number of aryl methyl sites for hydroxylation is 2. The maximum Gasteiger partial charge on any atom is 0.0861 e. The summed E-state index contributed by atoms with van der Waals surface area (Å²) in [6, 6.07) is 1.74. The molecule has 0 aliphatic heterocycles. The van der Waals surface area contributed by atoms with Gasteiger partial charge in [-0.1, -0.05) is 11.6 Å². The van der Waals surface area contributed by atoms with Crippen molar-refractivity contribution in [3.8, 4) is 0 Å². The lowest BCUT2D eigenvalue weighted by Crippen LogP contribution is -2.09. The van der Waals surface area contributed by atoms with Gasteiger partial charge in [-0.2, -0.15) is 5.10 Å². The molecule has 4 nitrogen and oxygen atoms in total. The summed E-state index contributed by atoms with van der Waals surface area (Å²) in [6.07, 6.45) is 2.95. The van der Waals surface area contributed by atoms with Gasteiger partial charge in [0.15, 0.2) is 0 Å². The van der Waals surface area contributed by atoms with Gasteiger partial charge in [-0.05, 0) is 35.8 Å². The molecular weight excluding hydrogens is 330 g/mol. The van der Waals surface area contributed by atoms with Crippen LogP contribution in [0.1, 0.15) is 30.0 Å². The van der Waals surface area contributed by atoms with Crippen molar-refractivity contribution in [1.29, 1.82) is 0 Å². The summed E-state index contributed by atoms with van der Waals surface area (Å²) in [5.74, 6) is 0. The standard InChI is InChI=1S/C13H15BrClN3O/c1-3-18-11(13(14)8(2)17-18)6-12(19)9-4-5-16-7-10(9)15/h4-5,7,12,19H,3,6H2,1-2H3. The van der Waals surface area contributed by atoms with Crippen LogP contribution in [0, 0.1) is 6.92 Å². The first-order chi connectivity index (χ1) is 9.04. The highest BCUT2D eigenvalue weighted by molar-refractivity contribution is 9.10. The molecule has 0 fully saturated rings. The number of hydrogen-bond donors (Lipinski definition) is 1. The van der Waals surface area contributed by atoms with Crippen LogP contribution in [0.5, 0.6) is 0 Å². The fourth-order valence-electron chi connectivity index (χ4n) is 2.01. The maximum absolute atomic E-state index is 10.3. The van der Waals surface area contributed by atoms with Gasteiger partial charge in [-0.25, -0.2) is 0 Å². The Balaban J connectivity index is 2.29. The zero-order valence-electron chi connectivity index (χ0n) is 10.8. The van der Waals surface area contributed by atoms with Crippen molar-refractivity contribution in [2.24, 2.45) is 0 Å². The molecule has 2 rings (SSSR count). The van der Waals surface area contributed by atoms with Crippen molar-refractivity contribution >= 4 is 27.5 Å². The second kappa shape index (κ2) is 6.03. The van der Waals surface area contributed by atoms with Crippen LogP contribution in [0.4, 0.5) is 0 Å². The number of aliphatic hydroxyl groups excluding tert-OH is 1. The minimum absolute atomic E-state index is 0.457. The van der Waals surface area contributed by atoms with E-state index >= 15 is 0 Å². The maximum atomic E-state index is 10.3. The van der Waals surface area contributed by atoms with Crippen molar-refractivity contribution in [1.82, 2.24) is 14.8 Å². The molecule has 0 aliphatic carbocycles. The Kier molecular flexibility index (Phi) is 4.60. The van der Waals surface area contributed by atoms with E-state index in [1.807, 2.05) is 18.5 Å². The van der Waals surface area contributed by atoms with Crippen LogP contribution >= 0.6 is 27.5 Å². The first kappa shape index (κ1) is 14.5. The lowest BCUT2D eigenvalue weighted by atomic mass is 10.1. The summed E-state index contributed by atoms with van der Waals surface area (Å²) in [5.41, 5.74) is 2.58. The zero-order valence-corrected chi connectivity index (χ0v) is 13.1. The lowest BCUT2D eigenvalue weighted by Gasteiger charge is -2.13. The molecule has 2 aromatic rings. The molecular formula is C13H15BrClN3O. The fourth-order valence-corrected chi connectivity index (χ4v) is 2.70. The van der Waals surface area contributed by atoms with E-state index in [4.69, 9.17) is 11.6 Å². The van der Waals surface area contributed by atoms with Crippen LogP contribution in [0.3, 0.4) is 0 Å². The minimum Gasteiger partial charge on any atom is -0.388 e. The summed E-state index contributed by atoms with van der Waals surface area (Å²) in [5, 5.41) is 15.2. The molecule has 0 spiro atoms. The Morgan fingerprint density at radius 2 is 2.26 bits per heavy atom. The molecule has 102 valence electrons. The van der Waals surface area contributed by atoms with Gasteiger partial charge in [-0.15, -0.1) is 0 Å². The number of nitrogens with zero attached hydrogens (tertiary/aromatic N) is 3. The predicted molar refractivity (Wildman–Crippen MR) is 78.2 cm³/mol. The molecule has 0 saturated carbocycles. The highest BCUT2D eigenvalue weighted by Crippen LogP contribution is 2.29. The highest BCUT2D eigenvalue weighted by atomic mass is 79.9. The van der Waals surface area contributed by atoms with Crippen LogP contribution in [-0.2, 0) is 13.0 Å². The number of halogens is 2. The van der Waals surface area contributed by atoms with Crippen molar-refractivity contribution in [3.05, 3.63) is 44.9 Å². The molecule has 0 aromatic carbocycles. The van der Waals surface area contributed by atoms with E-state index < -0.39 is 6.10 Å². The van der Waals surface area contributed by atoms with E-state index in [0.29, 0.717) is 17.0 Å². The molecule has 2 aromatic heterocycles.